The lowest BCUT2D eigenvalue weighted by Crippen LogP contribution is -2.43. The van der Waals surface area contributed by atoms with Crippen molar-refractivity contribution in [1.29, 1.82) is 0 Å². The van der Waals surface area contributed by atoms with Gasteiger partial charge in [-0.3, -0.25) is 24.1 Å². The maximum atomic E-state index is 13.5. The molecular formula is C20H22FN3O4. The van der Waals surface area contributed by atoms with Crippen LogP contribution in [0.2, 0.25) is 0 Å². The van der Waals surface area contributed by atoms with Gasteiger partial charge >= 0.3 is 0 Å². The summed E-state index contributed by atoms with van der Waals surface area (Å²) in [4.78, 5) is 49.7. The van der Waals surface area contributed by atoms with Gasteiger partial charge in [-0.15, -0.1) is 0 Å². The molecule has 148 valence electrons. The number of halogens is 1. The lowest BCUT2D eigenvalue weighted by molar-refractivity contribution is -0.143. The van der Waals surface area contributed by atoms with Gasteiger partial charge in [-0.25, -0.2) is 4.39 Å². The van der Waals surface area contributed by atoms with Crippen LogP contribution < -0.4 is 10.6 Å². The molecule has 1 saturated heterocycles. The topological polar surface area (TPSA) is 95.6 Å². The van der Waals surface area contributed by atoms with Crippen molar-refractivity contribution in [2.24, 2.45) is 11.8 Å². The zero-order valence-electron chi connectivity index (χ0n) is 15.5. The minimum atomic E-state index is -0.469. The van der Waals surface area contributed by atoms with E-state index in [1.165, 1.54) is 12.1 Å². The Kier molecular flexibility index (Phi) is 5.87. The Labute approximate surface area is 162 Å². The minimum absolute atomic E-state index is 0.129. The first-order valence-corrected chi connectivity index (χ1v) is 9.19. The molecule has 28 heavy (non-hydrogen) atoms. The highest BCUT2D eigenvalue weighted by Crippen LogP contribution is 2.34. The van der Waals surface area contributed by atoms with E-state index >= 15 is 0 Å². The second-order valence-electron chi connectivity index (χ2n) is 6.99. The summed E-state index contributed by atoms with van der Waals surface area (Å²) in [6.07, 6.45) is 4.83. The van der Waals surface area contributed by atoms with Crippen LogP contribution in [0, 0.1) is 24.6 Å². The van der Waals surface area contributed by atoms with Crippen LogP contribution in [0.5, 0.6) is 0 Å². The van der Waals surface area contributed by atoms with Gasteiger partial charge in [-0.1, -0.05) is 18.2 Å². The molecule has 0 radical (unpaired) electrons. The van der Waals surface area contributed by atoms with Crippen LogP contribution in [-0.2, 0) is 14.4 Å². The van der Waals surface area contributed by atoms with Crippen molar-refractivity contribution < 1.29 is 23.6 Å². The predicted molar refractivity (Wildman–Crippen MR) is 98.6 cm³/mol. The van der Waals surface area contributed by atoms with Gasteiger partial charge in [-0.05, 0) is 37.5 Å². The van der Waals surface area contributed by atoms with Crippen LogP contribution in [-0.4, -0.2) is 48.2 Å². The van der Waals surface area contributed by atoms with Gasteiger partial charge in [0.1, 0.15) is 12.4 Å². The number of carbonyl (C=O) groups excluding carboxylic acids is 4. The molecule has 0 bridgehead atoms. The maximum Gasteiger partial charge on any atom is 0.251 e. The van der Waals surface area contributed by atoms with E-state index in [-0.39, 0.29) is 48.8 Å². The third-order valence-electron chi connectivity index (χ3n) is 5.07. The molecule has 1 aliphatic heterocycles. The molecule has 4 amide bonds. The molecule has 1 aromatic rings. The van der Waals surface area contributed by atoms with E-state index < -0.39 is 17.6 Å². The number of amides is 4. The fraction of sp³-hybridized carbons (Fsp3) is 0.400. The largest absolute Gasteiger partial charge is 0.353 e. The Morgan fingerprint density at radius 3 is 2.29 bits per heavy atom. The highest BCUT2D eigenvalue weighted by atomic mass is 19.1. The van der Waals surface area contributed by atoms with Crippen molar-refractivity contribution in [3.63, 3.8) is 0 Å². The monoisotopic (exact) mass is 387 g/mol. The molecule has 2 atom stereocenters. The fourth-order valence-corrected chi connectivity index (χ4v) is 3.44. The summed E-state index contributed by atoms with van der Waals surface area (Å²) in [6.45, 7) is 1.55. The van der Waals surface area contributed by atoms with Gasteiger partial charge in [0.15, 0.2) is 0 Å². The first kappa shape index (κ1) is 19.7. The Morgan fingerprint density at radius 2 is 1.68 bits per heavy atom. The molecule has 1 fully saturated rings. The lowest BCUT2D eigenvalue weighted by Gasteiger charge is -2.14. The first-order valence-electron chi connectivity index (χ1n) is 9.19. The smallest absolute Gasteiger partial charge is 0.251 e. The second kappa shape index (κ2) is 8.33. The lowest BCUT2D eigenvalue weighted by atomic mass is 9.85. The Morgan fingerprint density at radius 1 is 1.07 bits per heavy atom. The van der Waals surface area contributed by atoms with E-state index in [0.717, 1.165) is 11.0 Å². The number of nitrogens with zero attached hydrogens (tertiary/aromatic N) is 1. The number of likely N-dealkylation sites (tertiary alicyclic amines) is 1. The molecule has 2 aliphatic rings. The third kappa shape index (κ3) is 4.11. The molecule has 2 N–H and O–H groups in total. The summed E-state index contributed by atoms with van der Waals surface area (Å²) >= 11 is 0. The number of allylic oxidation sites excluding steroid dienone is 2. The van der Waals surface area contributed by atoms with Crippen LogP contribution in [0.1, 0.15) is 28.8 Å². The summed E-state index contributed by atoms with van der Waals surface area (Å²) < 4.78 is 13.5. The van der Waals surface area contributed by atoms with Gasteiger partial charge in [0.05, 0.1) is 11.8 Å². The van der Waals surface area contributed by atoms with Crippen molar-refractivity contribution in [1.82, 2.24) is 15.5 Å². The third-order valence-corrected chi connectivity index (χ3v) is 5.07. The molecule has 8 heteroatoms. The average Bonchev–Trinajstić information content (AvgIpc) is 2.92. The average molecular weight is 387 g/mol. The zero-order valence-corrected chi connectivity index (χ0v) is 15.5. The fourth-order valence-electron chi connectivity index (χ4n) is 3.44. The van der Waals surface area contributed by atoms with Gasteiger partial charge in [-0.2, -0.15) is 0 Å². The number of aryl methyl sites for hydroxylation is 1. The van der Waals surface area contributed by atoms with E-state index in [1.54, 1.807) is 6.92 Å². The van der Waals surface area contributed by atoms with Gasteiger partial charge < -0.3 is 10.6 Å². The number of rotatable bonds is 6. The number of hydrogen-bond acceptors (Lipinski definition) is 4. The van der Waals surface area contributed by atoms with Crippen molar-refractivity contribution in [3.8, 4) is 0 Å². The highest BCUT2D eigenvalue weighted by Gasteiger charge is 2.47. The number of fused-ring (bicyclic) bond motifs is 1. The van der Waals surface area contributed by atoms with E-state index in [0.29, 0.717) is 18.4 Å². The molecule has 2 unspecified atom stereocenters. The second-order valence-corrected chi connectivity index (χ2v) is 6.99. The highest BCUT2D eigenvalue weighted by molar-refractivity contribution is 6.07. The standard InChI is InChI=1S/C20H22FN3O4/c1-12-6-7-13(10-16(12)21)18(26)23-9-8-22-17(25)11-24-19(27)14-4-2-3-5-15(14)20(24)28/h2-3,6-7,10,14-15H,4-5,8-9,11H2,1H3,(H,22,25)(H,23,26). The SMILES string of the molecule is Cc1ccc(C(=O)NCCNC(=O)CN2C(=O)C3CC=CCC3C2=O)cc1F. The molecule has 1 heterocycles. The molecular weight excluding hydrogens is 365 g/mol. The van der Waals surface area contributed by atoms with Crippen LogP contribution in [0.3, 0.4) is 0 Å². The number of benzene rings is 1. The summed E-state index contributed by atoms with van der Waals surface area (Å²) in [5.74, 6) is -2.71. The molecule has 0 spiro atoms. The molecule has 0 saturated carbocycles. The van der Waals surface area contributed by atoms with Gasteiger partial charge in [0, 0.05) is 18.7 Å². The number of hydrogen-bond donors (Lipinski definition) is 2. The number of nitrogens with one attached hydrogen (secondary N) is 2. The van der Waals surface area contributed by atoms with E-state index in [1.807, 2.05) is 12.2 Å². The van der Waals surface area contributed by atoms with Crippen molar-refractivity contribution in [2.45, 2.75) is 19.8 Å². The molecule has 0 aromatic heterocycles. The molecule has 7 nitrogen and oxygen atoms in total. The summed E-state index contributed by atoms with van der Waals surface area (Å²) in [5.41, 5.74) is 0.643. The van der Waals surface area contributed by atoms with Crippen LogP contribution in [0.4, 0.5) is 4.39 Å². The Balaban J connectivity index is 1.42. The molecule has 1 aromatic carbocycles. The maximum absolute atomic E-state index is 13.5. The van der Waals surface area contributed by atoms with E-state index in [2.05, 4.69) is 10.6 Å². The zero-order chi connectivity index (χ0) is 20.3. The van der Waals surface area contributed by atoms with Crippen LogP contribution in [0.15, 0.2) is 30.4 Å². The van der Waals surface area contributed by atoms with Crippen LogP contribution >= 0.6 is 0 Å². The quantitative estimate of drug-likeness (QED) is 0.431. The van der Waals surface area contributed by atoms with E-state index in [9.17, 15) is 23.6 Å². The van der Waals surface area contributed by atoms with Crippen molar-refractivity contribution in [2.75, 3.05) is 19.6 Å². The van der Waals surface area contributed by atoms with E-state index in [4.69, 9.17) is 0 Å². The summed E-state index contributed by atoms with van der Waals surface area (Å²) in [7, 11) is 0. The van der Waals surface area contributed by atoms with Gasteiger partial charge in [0.25, 0.3) is 5.91 Å². The van der Waals surface area contributed by atoms with Crippen molar-refractivity contribution in [3.05, 3.63) is 47.3 Å². The van der Waals surface area contributed by atoms with Crippen molar-refractivity contribution >= 4 is 23.6 Å². The number of imide groups is 1. The normalized spacial score (nSPS) is 20.9. The Bertz CT molecular complexity index is 826. The first-order chi connectivity index (χ1) is 13.4. The molecule has 3 rings (SSSR count). The van der Waals surface area contributed by atoms with Gasteiger partial charge in [0.2, 0.25) is 17.7 Å². The molecule has 1 aliphatic carbocycles. The minimum Gasteiger partial charge on any atom is -0.353 e. The summed E-state index contributed by atoms with van der Waals surface area (Å²) in [6, 6.07) is 4.19. The summed E-state index contributed by atoms with van der Waals surface area (Å²) in [5, 5.41) is 5.15. The number of carbonyl (C=O) groups is 4. The Hall–Kier alpha value is -3.03. The predicted octanol–water partition coefficient (Wildman–Crippen LogP) is 0.931. The van der Waals surface area contributed by atoms with Crippen LogP contribution in [0.25, 0.3) is 0 Å².